The van der Waals surface area contributed by atoms with Gasteiger partial charge in [0.1, 0.15) is 11.9 Å². The number of aliphatic hydroxyl groups excluding tert-OH is 1. The van der Waals surface area contributed by atoms with Crippen LogP contribution in [0.1, 0.15) is 40.5 Å². The highest BCUT2D eigenvalue weighted by Gasteiger charge is 2.51. The Balaban J connectivity index is 3.22. The Morgan fingerprint density at radius 3 is 2.44 bits per heavy atom. The van der Waals surface area contributed by atoms with Crippen LogP contribution < -0.4 is 0 Å². The van der Waals surface area contributed by atoms with E-state index in [0.717, 1.165) is 6.42 Å². The molecule has 0 unspecified atom stereocenters. The molecule has 0 fully saturated rings. The first-order valence-corrected chi connectivity index (χ1v) is 5.94. The highest BCUT2D eigenvalue weighted by Crippen LogP contribution is 2.44. The number of carbonyl (C=O) groups is 1. The molecule has 0 amide bonds. The molecule has 0 saturated heterocycles. The van der Waals surface area contributed by atoms with Crippen LogP contribution in [0.2, 0.25) is 0 Å². The first-order valence-electron chi connectivity index (χ1n) is 5.94. The molecular formula is C13H22O3. The van der Waals surface area contributed by atoms with Gasteiger partial charge in [-0.2, -0.15) is 0 Å². The van der Waals surface area contributed by atoms with Crippen molar-refractivity contribution in [2.75, 3.05) is 7.11 Å². The minimum absolute atomic E-state index is 0.0497. The lowest BCUT2D eigenvalue weighted by molar-refractivity contribution is -0.127. The normalized spacial score (nSPS) is 32.1. The fourth-order valence-electron chi connectivity index (χ4n) is 2.23. The van der Waals surface area contributed by atoms with Gasteiger partial charge >= 0.3 is 0 Å². The summed E-state index contributed by atoms with van der Waals surface area (Å²) in [5, 5.41) is 10.2. The van der Waals surface area contributed by atoms with E-state index in [4.69, 9.17) is 4.74 Å². The molecule has 92 valence electrons. The van der Waals surface area contributed by atoms with Gasteiger partial charge in [0.25, 0.3) is 0 Å². The van der Waals surface area contributed by atoms with Crippen molar-refractivity contribution in [1.82, 2.24) is 0 Å². The maximum Gasteiger partial charge on any atom is 0.171 e. The molecule has 0 radical (unpaired) electrons. The minimum atomic E-state index is -0.793. The van der Waals surface area contributed by atoms with Crippen LogP contribution in [0.4, 0.5) is 0 Å². The van der Waals surface area contributed by atoms with Crippen molar-refractivity contribution in [3.63, 3.8) is 0 Å². The van der Waals surface area contributed by atoms with E-state index in [2.05, 4.69) is 0 Å². The lowest BCUT2D eigenvalue weighted by Crippen LogP contribution is -2.35. The van der Waals surface area contributed by atoms with Crippen LogP contribution in [-0.2, 0) is 9.53 Å². The number of methoxy groups -OCH3 is 1. The lowest BCUT2D eigenvalue weighted by Gasteiger charge is -2.25. The van der Waals surface area contributed by atoms with Crippen LogP contribution >= 0.6 is 0 Å². The van der Waals surface area contributed by atoms with Gasteiger partial charge in [0.05, 0.1) is 12.5 Å². The van der Waals surface area contributed by atoms with Gasteiger partial charge in [-0.25, -0.2) is 0 Å². The summed E-state index contributed by atoms with van der Waals surface area (Å²) in [6.07, 6.45) is 0.708. The molecular weight excluding hydrogens is 204 g/mol. The van der Waals surface area contributed by atoms with E-state index >= 15 is 0 Å². The maximum absolute atomic E-state index is 12.3. The fraction of sp³-hybridized carbons (Fsp3) is 0.769. The van der Waals surface area contributed by atoms with E-state index in [1.165, 1.54) is 7.11 Å². The summed E-state index contributed by atoms with van der Waals surface area (Å²) in [7, 11) is 1.52. The predicted octanol–water partition coefficient (Wildman–Crippen LogP) is 2.29. The van der Waals surface area contributed by atoms with Crippen LogP contribution in [0.5, 0.6) is 0 Å². The quantitative estimate of drug-likeness (QED) is 0.800. The molecule has 0 aromatic carbocycles. The maximum atomic E-state index is 12.3. The van der Waals surface area contributed by atoms with Gasteiger partial charge in [0.15, 0.2) is 5.78 Å². The average molecular weight is 226 g/mol. The van der Waals surface area contributed by atoms with Gasteiger partial charge in [-0.15, -0.1) is 0 Å². The van der Waals surface area contributed by atoms with Crippen molar-refractivity contribution < 1.29 is 14.6 Å². The minimum Gasteiger partial charge on any atom is -0.498 e. The number of allylic oxidation sites excluding steroid dienone is 1. The Labute approximate surface area is 97.5 Å². The number of Topliss-reactive ketones (excluding diaryl/α,β-unsaturated/α-hetero) is 1. The van der Waals surface area contributed by atoms with Crippen molar-refractivity contribution in [3.8, 4) is 0 Å². The number of hydrogen-bond acceptors (Lipinski definition) is 3. The molecule has 0 aromatic heterocycles. The molecule has 0 bridgehead atoms. The Hall–Kier alpha value is -0.830. The summed E-state index contributed by atoms with van der Waals surface area (Å²) in [6, 6.07) is 0. The lowest BCUT2D eigenvalue weighted by atomic mass is 9.79. The molecule has 3 heteroatoms. The van der Waals surface area contributed by atoms with Crippen LogP contribution in [0.3, 0.4) is 0 Å². The second kappa shape index (κ2) is 4.58. The average Bonchev–Trinajstić information content (AvgIpc) is 2.49. The Morgan fingerprint density at radius 2 is 2.06 bits per heavy atom. The van der Waals surface area contributed by atoms with E-state index in [1.807, 2.05) is 27.7 Å². The van der Waals surface area contributed by atoms with Gasteiger partial charge in [-0.3, -0.25) is 4.79 Å². The number of carbonyl (C=O) groups excluding carboxylic acids is 1. The van der Waals surface area contributed by atoms with Crippen molar-refractivity contribution in [2.24, 2.45) is 11.3 Å². The molecule has 1 N–H and O–H groups in total. The topological polar surface area (TPSA) is 46.5 Å². The summed E-state index contributed by atoms with van der Waals surface area (Å²) in [4.78, 5) is 12.3. The molecule has 0 aromatic rings. The van der Waals surface area contributed by atoms with Crippen LogP contribution in [0.25, 0.3) is 0 Å². The van der Waals surface area contributed by atoms with E-state index in [0.29, 0.717) is 17.8 Å². The second-order valence-electron chi connectivity index (χ2n) is 4.79. The number of hydrogen-bond donors (Lipinski definition) is 1. The smallest absolute Gasteiger partial charge is 0.171 e. The summed E-state index contributed by atoms with van der Waals surface area (Å²) < 4.78 is 5.24. The third-order valence-electron chi connectivity index (χ3n) is 3.94. The summed E-state index contributed by atoms with van der Waals surface area (Å²) in [5.74, 6) is 0.669. The summed E-state index contributed by atoms with van der Waals surface area (Å²) >= 11 is 0. The highest BCUT2D eigenvalue weighted by atomic mass is 16.5. The number of rotatable bonds is 4. The monoisotopic (exact) mass is 226 g/mol. The number of aliphatic hydroxyl groups is 1. The summed E-state index contributed by atoms with van der Waals surface area (Å²) in [5.41, 5.74) is -0.0220. The Kier molecular flexibility index (Phi) is 3.79. The molecule has 3 nitrogen and oxygen atoms in total. The second-order valence-corrected chi connectivity index (χ2v) is 4.79. The van der Waals surface area contributed by atoms with Crippen LogP contribution in [-0.4, -0.2) is 24.1 Å². The summed E-state index contributed by atoms with van der Waals surface area (Å²) in [6.45, 7) is 7.77. The molecule has 3 atom stereocenters. The van der Waals surface area contributed by atoms with Crippen molar-refractivity contribution in [3.05, 3.63) is 11.3 Å². The predicted molar refractivity (Wildman–Crippen MR) is 62.9 cm³/mol. The third-order valence-corrected chi connectivity index (χ3v) is 3.94. The highest BCUT2D eigenvalue weighted by molar-refractivity contribution is 6.04. The SMILES string of the molecule is CC[C@H](C)C1=C(OC)[C@H](O)[C@](C)(CC)C1=O. The van der Waals surface area contributed by atoms with Gasteiger partial charge < -0.3 is 9.84 Å². The van der Waals surface area contributed by atoms with E-state index in [9.17, 15) is 9.90 Å². The van der Waals surface area contributed by atoms with Crippen LogP contribution in [0.15, 0.2) is 11.3 Å². The van der Waals surface area contributed by atoms with Crippen molar-refractivity contribution in [1.29, 1.82) is 0 Å². The zero-order chi connectivity index (χ0) is 12.5. The molecule has 16 heavy (non-hydrogen) atoms. The van der Waals surface area contributed by atoms with Crippen molar-refractivity contribution >= 4 is 5.78 Å². The van der Waals surface area contributed by atoms with Gasteiger partial charge in [0, 0.05) is 5.57 Å². The molecule has 1 aliphatic carbocycles. The Morgan fingerprint density at radius 1 is 1.50 bits per heavy atom. The third kappa shape index (κ3) is 1.67. The van der Waals surface area contributed by atoms with Gasteiger partial charge in [0.2, 0.25) is 0 Å². The zero-order valence-corrected chi connectivity index (χ0v) is 10.8. The molecule has 0 heterocycles. The van der Waals surface area contributed by atoms with E-state index < -0.39 is 11.5 Å². The van der Waals surface area contributed by atoms with Crippen molar-refractivity contribution in [2.45, 2.75) is 46.6 Å². The first kappa shape index (κ1) is 13.2. The standard InChI is InChI=1S/C13H22O3/c1-6-8(3)9-10(16-5)12(15)13(4,7-2)11(9)14/h8,12,15H,6-7H2,1-5H3/t8-,12-,13+/m0/s1. The van der Waals surface area contributed by atoms with Crippen LogP contribution in [0, 0.1) is 11.3 Å². The first-order chi connectivity index (χ1) is 7.43. The van der Waals surface area contributed by atoms with E-state index in [1.54, 1.807) is 0 Å². The largest absolute Gasteiger partial charge is 0.498 e. The molecule has 0 saturated carbocycles. The van der Waals surface area contributed by atoms with E-state index in [-0.39, 0.29) is 11.7 Å². The molecule has 0 aliphatic heterocycles. The van der Waals surface area contributed by atoms with Gasteiger partial charge in [-0.05, 0) is 25.7 Å². The molecule has 1 rings (SSSR count). The molecule has 0 spiro atoms. The van der Waals surface area contributed by atoms with Gasteiger partial charge in [-0.1, -0.05) is 20.8 Å². The Bertz CT molecular complexity index is 319. The molecule has 1 aliphatic rings. The zero-order valence-electron chi connectivity index (χ0n) is 10.8. The number of ketones is 1. The fourth-order valence-corrected chi connectivity index (χ4v) is 2.23. The number of ether oxygens (including phenoxy) is 1.